The lowest BCUT2D eigenvalue weighted by atomic mass is 10.0. The molecule has 0 radical (unpaired) electrons. The SMILES string of the molecule is C=CC(=O)Nc1cc(-c2cc3c(s2)CCN(CC2CC2)C3)cc(OC)c1C. The van der Waals surface area contributed by atoms with Gasteiger partial charge in [0.1, 0.15) is 5.75 Å². The predicted octanol–water partition coefficient (Wildman–Crippen LogP) is 4.62. The minimum Gasteiger partial charge on any atom is -0.496 e. The lowest BCUT2D eigenvalue weighted by molar-refractivity contribution is -0.111. The van der Waals surface area contributed by atoms with Gasteiger partial charge in [-0.25, -0.2) is 0 Å². The first-order valence-corrected chi connectivity index (χ1v) is 10.4. The molecule has 1 aliphatic carbocycles. The fourth-order valence-corrected chi connectivity index (χ4v) is 4.86. The van der Waals surface area contributed by atoms with Crippen molar-refractivity contribution in [3.8, 4) is 16.2 Å². The number of hydrogen-bond acceptors (Lipinski definition) is 4. The van der Waals surface area contributed by atoms with Crippen molar-refractivity contribution in [2.75, 3.05) is 25.5 Å². The Balaban J connectivity index is 1.63. The van der Waals surface area contributed by atoms with Crippen LogP contribution in [0.5, 0.6) is 5.75 Å². The summed E-state index contributed by atoms with van der Waals surface area (Å²) in [5, 5.41) is 2.90. The highest BCUT2D eigenvalue weighted by atomic mass is 32.1. The largest absolute Gasteiger partial charge is 0.496 e. The molecule has 2 aromatic rings. The van der Waals surface area contributed by atoms with Crippen LogP contribution < -0.4 is 10.1 Å². The van der Waals surface area contributed by atoms with E-state index in [-0.39, 0.29) is 5.91 Å². The summed E-state index contributed by atoms with van der Waals surface area (Å²) in [6, 6.07) is 6.43. The number of nitrogens with one attached hydrogen (secondary N) is 1. The number of ether oxygens (including phenoxy) is 1. The maximum Gasteiger partial charge on any atom is 0.247 e. The predicted molar refractivity (Wildman–Crippen MR) is 112 cm³/mol. The first-order valence-electron chi connectivity index (χ1n) is 9.53. The summed E-state index contributed by atoms with van der Waals surface area (Å²) in [7, 11) is 1.67. The van der Waals surface area contributed by atoms with Crippen LogP contribution in [-0.4, -0.2) is 31.0 Å². The van der Waals surface area contributed by atoms with E-state index in [0.29, 0.717) is 0 Å². The Morgan fingerprint density at radius 3 is 2.93 bits per heavy atom. The fourth-order valence-electron chi connectivity index (χ4n) is 3.71. The van der Waals surface area contributed by atoms with Crippen LogP contribution in [0.4, 0.5) is 5.69 Å². The monoisotopic (exact) mass is 382 g/mol. The van der Waals surface area contributed by atoms with Crippen molar-refractivity contribution in [1.29, 1.82) is 0 Å². The Bertz CT molecular complexity index is 883. The van der Waals surface area contributed by atoms with Crippen LogP contribution in [0.2, 0.25) is 0 Å². The average molecular weight is 383 g/mol. The molecule has 0 spiro atoms. The van der Waals surface area contributed by atoms with Crippen LogP contribution in [0.1, 0.15) is 28.8 Å². The Hall–Kier alpha value is -2.11. The van der Waals surface area contributed by atoms with Gasteiger partial charge < -0.3 is 10.1 Å². The first kappa shape index (κ1) is 18.3. The molecule has 2 aliphatic rings. The molecular weight excluding hydrogens is 356 g/mol. The molecule has 1 aliphatic heterocycles. The van der Waals surface area contributed by atoms with E-state index in [1.54, 1.807) is 7.11 Å². The van der Waals surface area contributed by atoms with Gasteiger partial charge in [-0.3, -0.25) is 9.69 Å². The third-order valence-corrected chi connectivity index (χ3v) is 6.75. The Morgan fingerprint density at radius 1 is 1.41 bits per heavy atom. The van der Waals surface area contributed by atoms with Gasteiger partial charge in [-0.2, -0.15) is 0 Å². The van der Waals surface area contributed by atoms with E-state index in [1.807, 2.05) is 24.3 Å². The van der Waals surface area contributed by atoms with E-state index in [4.69, 9.17) is 4.74 Å². The van der Waals surface area contributed by atoms with Crippen molar-refractivity contribution in [1.82, 2.24) is 4.90 Å². The minimum absolute atomic E-state index is 0.210. The van der Waals surface area contributed by atoms with E-state index in [0.717, 1.165) is 41.4 Å². The van der Waals surface area contributed by atoms with Gasteiger partial charge in [-0.1, -0.05) is 6.58 Å². The third-order valence-electron chi connectivity index (χ3n) is 5.47. The van der Waals surface area contributed by atoms with Crippen LogP contribution in [0.15, 0.2) is 30.9 Å². The molecule has 1 amide bonds. The fraction of sp³-hybridized carbons (Fsp3) is 0.409. The normalized spacial score (nSPS) is 16.7. The van der Waals surface area contributed by atoms with Gasteiger partial charge in [-0.05, 0) is 67.5 Å². The molecule has 0 atom stereocenters. The standard InChI is InChI=1S/C22H26N2O2S/c1-4-22(25)23-18-9-16(10-19(26-3)14(18)2)21-11-17-13-24(12-15-5-6-15)8-7-20(17)27-21/h4,9-11,15H,1,5-8,12-13H2,2-3H3,(H,23,25). The number of rotatable bonds is 6. The molecule has 1 aromatic heterocycles. The Kier molecular flexibility index (Phi) is 5.06. The van der Waals surface area contributed by atoms with E-state index >= 15 is 0 Å². The van der Waals surface area contributed by atoms with Crippen LogP contribution in [0, 0.1) is 12.8 Å². The van der Waals surface area contributed by atoms with Crippen molar-refractivity contribution in [3.63, 3.8) is 0 Å². The quantitative estimate of drug-likeness (QED) is 0.741. The smallest absolute Gasteiger partial charge is 0.247 e. The summed E-state index contributed by atoms with van der Waals surface area (Å²) in [6.45, 7) is 8.97. The number of carbonyl (C=O) groups excluding carboxylic acids is 1. The summed E-state index contributed by atoms with van der Waals surface area (Å²) in [6.07, 6.45) is 5.23. The summed E-state index contributed by atoms with van der Waals surface area (Å²) < 4.78 is 5.55. The topological polar surface area (TPSA) is 41.6 Å². The van der Waals surface area contributed by atoms with E-state index < -0.39 is 0 Å². The van der Waals surface area contributed by atoms with E-state index in [2.05, 4.69) is 28.9 Å². The zero-order chi connectivity index (χ0) is 19.0. The molecule has 2 heterocycles. The van der Waals surface area contributed by atoms with Crippen LogP contribution in [-0.2, 0) is 17.8 Å². The van der Waals surface area contributed by atoms with Gasteiger partial charge in [0, 0.05) is 40.6 Å². The van der Waals surface area contributed by atoms with Gasteiger partial charge >= 0.3 is 0 Å². The molecule has 1 N–H and O–H groups in total. The number of amides is 1. The van der Waals surface area contributed by atoms with Gasteiger partial charge in [0.15, 0.2) is 0 Å². The van der Waals surface area contributed by atoms with E-state index in [1.165, 1.54) is 47.3 Å². The molecule has 0 unspecified atom stereocenters. The number of fused-ring (bicyclic) bond motifs is 1. The van der Waals surface area contributed by atoms with Crippen molar-refractivity contribution < 1.29 is 9.53 Å². The maximum atomic E-state index is 11.8. The molecule has 0 bridgehead atoms. The molecule has 4 rings (SSSR count). The van der Waals surface area contributed by atoms with Crippen LogP contribution in [0.25, 0.3) is 10.4 Å². The second-order valence-corrected chi connectivity index (χ2v) is 8.67. The third kappa shape index (κ3) is 3.94. The summed E-state index contributed by atoms with van der Waals surface area (Å²) >= 11 is 1.87. The van der Waals surface area contributed by atoms with E-state index in [9.17, 15) is 4.79 Å². The van der Waals surface area contributed by atoms with Crippen LogP contribution >= 0.6 is 11.3 Å². The van der Waals surface area contributed by atoms with Crippen molar-refractivity contribution in [2.45, 2.75) is 32.7 Å². The molecule has 4 nitrogen and oxygen atoms in total. The maximum absolute atomic E-state index is 11.8. The highest BCUT2D eigenvalue weighted by Gasteiger charge is 2.27. The van der Waals surface area contributed by atoms with Gasteiger partial charge in [0.25, 0.3) is 0 Å². The highest BCUT2D eigenvalue weighted by Crippen LogP contribution is 2.40. The molecule has 0 saturated heterocycles. The van der Waals surface area contributed by atoms with Gasteiger partial charge in [0.05, 0.1) is 7.11 Å². The molecule has 1 saturated carbocycles. The summed E-state index contributed by atoms with van der Waals surface area (Å²) in [4.78, 5) is 17.1. The second-order valence-electron chi connectivity index (χ2n) is 7.53. The Labute approximate surface area is 164 Å². The second kappa shape index (κ2) is 7.49. The number of hydrogen-bond donors (Lipinski definition) is 1. The van der Waals surface area contributed by atoms with Crippen molar-refractivity contribution >= 4 is 22.9 Å². The minimum atomic E-state index is -0.210. The van der Waals surface area contributed by atoms with Gasteiger partial charge in [-0.15, -0.1) is 11.3 Å². The van der Waals surface area contributed by atoms with Gasteiger partial charge in [0.2, 0.25) is 5.91 Å². The average Bonchev–Trinajstić information content (AvgIpc) is 3.38. The number of nitrogens with zero attached hydrogens (tertiary/aromatic N) is 1. The number of benzene rings is 1. The number of carbonyl (C=O) groups is 1. The molecule has 5 heteroatoms. The molecule has 1 aromatic carbocycles. The van der Waals surface area contributed by atoms with Crippen molar-refractivity contribution in [2.24, 2.45) is 5.92 Å². The zero-order valence-corrected chi connectivity index (χ0v) is 16.8. The first-order chi connectivity index (χ1) is 13.1. The molecule has 27 heavy (non-hydrogen) atoms. The Morgan fingerprint density at radius 2 is 2.22 bits per heavy atom. The number of methoxy groups -OCH3 is 1. The lowest BCUT2D eigenvalue weighted by Gasteiger charge is -2.26. The zero-order valence-electron chi connectivity index (χ0n) is 16.0. The highest BCUT2D eigenvalue weighted by molar-refractivity contribution is 7.15. The summed E-state index contributed by atoms with van der Waals surface area (Å²) in [5.74, 6) is 1.51. The van der Waals surface area contributed by atoms with Crippen LogP contribution in [0.3, 0.4) is 0 Å². The summed E-state index contributed by atoms with van der Waals surface area (Å²) in [5.41, 5.74) is 4.24. The van der Waals surface area contributed by atoms with Crippen molar-refractivity contribution in [3.05, 3.63) is 46.9 Å². The molecule has 1 fully saturated rings. The molecular formula is C22H26N2O2S. The molecule has 142 valence electrons. The number of anilines is 1. The lowest BCUT2D eigenvalue weighted by Crippen LogP contribution is -2.31. The number of thiophene rings is 1.